The highest BCUT2D eigenvalue weighted by atomic mass is 16.4. The quantitative estimate of drug-likeness (QED) is 0.865. The summed E-state index contributed by atoms with van der Waals surface area (Å²) in [6.07, 6.45) is 6.74. The summed E-state index contributed by atoms with van der Waals surface area (Å²) < 4.78 is 1.89. The zero-order chi connectivity index (χ0) is 12.5. The molecule has 0 aromatic carbocycles. The third kappa shape index (κ3) is 1.79. The van der Waals surface area contributed by atoms with Crippen LogP contribution in [-0.4, -0.2) is 32.7 Å². The van der Waals surface area contributed by atoms with Crippen molar-refractivity contribution in [3.8, 4) is 0 Å². The Hall–Kier alpha value is -1.52. The van der Waals surface area contributed by atoms with Crippen LogP contribution in [0.3, 0.4) is 0 Å². The van der Waals surface area contributed by atoms with E-state index in [1.165, 1.54) is 0 Å². The second kappa shape index (κ2) is 4.39. The summed E-state index contributed by atoms with van der Waals surface area (Å²) in [6, 6.07) is 0. The van der Waals surface area contributed by atoms with Gasteiger partial charge in [0.25, 0.3) is 0 Å². The van der Waals surface area contributed by atoms with Crippen LogP contribution < -0.4 is 4.90 Å². The molecular formula is C12H19N3O2. The van der Waals surface area contributed by atoms with Gasteiger partial charge in [-0.15, -0.1) is 0 Å². The topological polar surface area (TPSA) is 58.4 Å². The van der Waals surface area contributed by atoms with Gasteiger partial charge in [0, 0.05) is 26.0 Å². The molecule has 0 spiro atoms. The molecule has 1 aromatic rings. The van der Waals surface area contributed by atoms with Crippen molar-refractivity contribution >= 4 is 11.9 Å². The van der Waals surface area contributed by atoms with E-state index in [1.807, 2.05) is 29.6 Å². The summed E-state index contributed by atoms with van der Waals surface area (Å²) in [5.41, 5.74) is -0.756. The van der Waals surface area contributed by atoms with E-state index in [1.54, 1.807) is 6.20 Å². The first-order chi connectivity index (χ1) is 8.12. The van der Waals surface area contributed by atoms with Crippen LogP contribution in [0, 0.1) is 0 Å². The maximum absolute atomic E-state index is 11.7. The highest BCUT2D eigenvalue weighted by Crippen LogP contribution is 2.36. The fraction of sp³-hybridized carbons (Fsp3) is 0.667. The second-order valence-electron chi connectivity index (χ2n) is 4.68. The van der Waals surface area contributed by atoms with Crippen LogP contribution in [-0.2, 0) is 11.8 Å². The van der Waals surface area contributed by atoms with Gasteiger partial charge >= 0.3 is 5.97 Å². The smallest absolute Gasteiger partial charge is 0.329 e. The molecule has 0 radical (unpaired) electrons. The molecule has 1 fully saturated rings. The molecule has 0 saturated carbocycles. The average molecular weight is 237 g/mol. The molecule has 17 heavy (non-hydrogen) atoms. The Morgan fingerprint density at radius 1 is 1.65 bits per heavy atom. The van der Waals surface area contributed by atoms with E-state index in [0.29, 0.717) is 12.8 Å². The van der Waals surface area contributed by atoms with Crippen LogP contribution in [0.25, 0.3) is 0 Å². The van der Waals surface area contributed by atoms with Crippen LogP contribution in [0.15, 0.2) is 12.4 Å². The minimum absolute atomic E-state index is 0.676. The third-order valence-corrected chi connectivity index (χ3v) is 3.59. The van der Waals surface area contributed by atoms with Crippen molar-refractivity contribution < 1.29 is 9.90 Å². The van der Waals surface area contributed by atoms with E-state index < -0.39 is 11.5 Å². The molecule has 0 bridgehead atoms. The second-order valence-corrected chi connectivity index (χ2v) is 4.68. The number of imidazole rings is 1. The summed E-state index contributed by atoms with van der Waals surface area (Å²) in [5.74, 6) is 0.0400. The van der Waals surface area contributed by atoms with Crippen LogP contribution >= 0.6 is 0 Å². The van der Waals surface area contributed by atoms with Crippen LogP contribution in [0.5, 0.6) is 0 Å². The number of hydrogen-bond acceptors (Lipinski definition) is 3. The molecule has 0 aliphatic carbocycles. The predicted octanol–water partition coefficient (Wildman–Crippen LogP) is 1.64. The molecule has 5 nitrogen and oxygen atoms in total. The largest absolute Gasteiger partial charge is 0.479 e. The van der Waals surface area contributed by atoms with Crippen molar-refractivity contribution in [2.75, 3.05) is 11.4 Å². The number of anilines is 1. The molecule has 1 atom stereocenters. The molecule has 1 unspecified atom stereocenters. The first-order valence-corrected chi connectivity index (χ1v) is 6.10. The predicted molar refractivity (Wildman–Crippen MR) is 65.1 cm³/mol. The number of nitrogens with zero attached hydrogens (tertiary/aromatic N) is 3. The molecule has 1 aliphatic heterocycles. The Balaban J connectivity index is 2.38. The summed E-state index contributed by atoms with van der Waals surface area (Å²) >= 11 is 0. The van der Waals surface area contributed by atoms with E-state index in [0.717, 1.165) is 25.3 Å². The molecule has 1 N–H and O–H groups in total. The molecular weight excluding hydrogens is 218 g/mol. The maximum Gasteiger partial charge on any atom is 0.329 e. The lowest BCUT2D eigenvalue weighted by Gasteiger charge is -2.35. The Bertz CT molecular complexity index is 416. The molecule has 2 heterocycles. The third-order valence-electron chi connectivity index (χ3n) is 3.59. The Kier molecular flexibility index (Phi) is 3.09. The van der Waals surface area contributed by atoms with E-state index >= 15 is 0 Å². The van der Waals surface area contributed by atoms with E-state index in [-0.39, 0.29) is 0 Å². The first-order valence-electron chi connectivity index (χ1n) is 6.10. The first kappa shape index (κ1) is 12.0. The van der Waals surface area contributed by atoms with Gasteiger partial charge in [0.1, 0.15) is 5.54 Å². The molecule has 94 valence electrons. The monoisotopic (exact) mass is 237 g/mol. The number of carboxylic acid groups (broad SMARTS) is 1. The van der Waals surface area contributed by atoms with Crippen LogP contribution in [0.2, 0.25) is 0 Å². The minimum atomic E-state index is -0.756. The summed E-state index contributed by atoms with van der Waals surface area (Å²) in [4.78, 5) is 17.9. The number of carboxylic acids is 1. The van der Waals surface area contributed by atoms with Crippen molar-refractivity contribution in [1.82, 2.24) is 9.55 Å². The van der Waals surface area contributed by atoms with Gasteiger partial charge in [-0.2, -0.15) is 0 Å². The van der Waals surface area contributed by atoms with Gasteiger partial charge in [-0.25, -0.2) is 9.78 Å². The van der Waals surface area contributed by atoms with Gasteiger partial charge in [0.15, 0.2) is 0 Å². The zero-order valence-corrected chi connectivity index (χ0v) is 10.4. The van der Waals surface area contributed by atoms with Gasteiger partial charge in [-0.1, -0.05) is 13.3 Å². The normalized spacial score (nSPS) is 24.2. The van der Waals surface area contributed by atoms with Crippen molar-refractivity contribution in [2.24, 2.45) is 7.05 Å². The summed E-state index contributed by atoms with van der Waals surface area (Å²) in [7, 11) is 1.90. The van der Waals surface area contributed by atoms with Gasteiger partial charge in [0.05, 0.1) is 0 Å². The average Bonchev–Trinajstić information content (AvgIpc) is 2.85. The van der Waals surface area contributed by atoms with Crippen molar-refractivity contribution in [3.05, 3.63) is 12.4 Å². The molecule has 0 amide bonds. The lowest BCUT2D eigenvalue weighted by atomic mass is 9.91. The van der Waals surface area contributed by atoms with Gasteiger partial charge in [-0.05, 0) is 19.3 Å². The molecule has 5 heteroatoms. The molecule has 1 aromatic heterocycles. The minimum Gasteiger partial charge on any atom is -0.479 e. The Morgan fingerprint density at radius 2 is 2.41 bits per heavy atom. The van der Waals surface area contributed by atoms with E-state index in [9.17, 15) is 9.90 Å². The summed E-state index contributed by atoms with van der Waals surface area (Å²) in [6.45, 7) is 2.80. The maximum atomic E-state index is 11.7. The van der Waals surface area contributed by atoms with Crippen LogP contribution in [0.1, 0.15) is 32.6 Å². The molecule has 1 aliphatic rings. The number of aromatic nitrogens is 2. The van der Waals surface area contributed by atoms with Crippen molar-refractivity contribution in [2.45, 2.75) is 38.1 Å². The van der Waals surface area contributed by atoms with E-state index in [4.69, 9.17) is 0 Å². The highest BCUT2D eigenvalue weighted by Gasteiger charge is 2.48. The Labute approximate surface area is 101 Å². The number of hydrogen-bond donors (Lipinski definition) is 1. The number of rotatable bonds is 4. The lowest BCUT2D eigenvalue weighted by Crippen LogP contribution is -2.51. The van der Waals surface area contributed by atoms with Gasteiger partial charge in [-0.3, -0.25) is 0 Å². The number of aryl methyl sites for hydroxylation is 1. The number of carbonyl (C=O) groups is 1. The standard InChI is InChI=1S/C12H19N3O2/c1-3-5-12(10(16)17)6-4-8-15(12)11-13-7-9-14(11)2/h7,9H,3-6,8H2,1-2H3,(H,16,17). The highest BCUT2D eigenvalue weighted by molar-refractivity contribution is 5.83. The molecule has 2 rings (SSSR count). The number of aliphatic carboxylic acids is 1. The zero-order valence-electron chi connectivity index (χ0n) is 10.4. The SMILES string of the molecule is CCCC1(C(=O)O)CCCN1c1nccn1C. The fourth-order valence-corrected chi connectivity index (χ4v) is 2.79. The molecule has 1 saturated heterocycles. The van der Waals surface area contributed by atoms with Gasteiger partial charge in [0.2, 0.25) is 5.95 Å². The lowest BCUT2D eigenvalue weighted by molar-refractivity contribution is -0.143. The van der Waals surface area contributed by atoms with Crippen LogP contribution in [0.4, 0.5) is 5.95 Å². The van der Waals surface area contributed by atoms with Crippen molar-refractivity contribution in [1.29, 1.82) is 0 Å². The fourth-order valence-electron chi connectivity index (χ4n) is 2.79. The Morgan fingerprint density at radius 3 is 2.94 bits per heavy atom. The van der Waals surface area contributed by atoms with Crippen molar-refractivity contribution in [3.63, 3.8) is 0 Å². The van der Waals surface area contributed by atoms with Gasteiger partial charge < -0.3 is 14.6 Å². The van der Waals surface area contributed by atoms with E-state index in [2.05, 4.69) is 4.98 Å². The summed E-state index contributed by atoms with van der Waals surface area (Å²) in [5, 5.41) is 9.58.